The van der Waals surface area contributed by atoms with E-state index in [0.717, 1.165) is 22.8 Å². The van der Waals surface area contributed by atoms with Crippen molar-refractivity contribution >= 4 is 17.0 Å². The first-order valence-corrected chi connectivity index (χ1v) is 6.08. The predicted molar refractivity (Wildman–Crippen MR) is 65.2 cm³/mol. The van der Waals surface area contributed by atoms with Crippen LogP contribution in [-0.4, -0.2) is 4.98 Å². The van der Waals surface area contributed by atoms with Gasteiger partial charge in [-0.1, -0.05) is 0 Å². The van der Waals surface area contributed by atoms with E-state index in [1.165, 1.54) is 6.07 Å². The normalized spacial score (nSPS) is 12.5. The van der Waals surface area contributed by atoms with E-state index in [1.54, 1.807) is 11.3 Å². The Morgan fingerprint density at radius 3 is 2.65 bits per heavy atom. The molecule has 0 saturated carbocycles. The van der Waals surface area contributed by atoms with Crippen LogP contribution in [0.25, 0.3) is 0 Å². The highest BCUT2D eigenvalue weighted by molar-refractivity contribution is 7.09. The number of anilines is 1. The predicted octanol–water partition coefficient (Wildman–Crippen LogP) is 3.90. The van der Waals surface area contributed by atoms with Gasteiger partial charge in [0.2, 0.25) is 0 Å². The molecule has 0 spiro atoms. The van der Waals surface area contributed by atoms with Gasteiger partial charge in [-0.15, -0.1) is 11.3 Å². The van der Waals surface area contributed by atoms with Gasteiger partial charge in [0.15, 0.2) is 11.6 Å². The number of hydrogen-bond donors (Lipinski definition) is 1. The molecule has 0 bridgehead atoms. The van der Waals surface area contributed by atoms with Crippen molar-refractivity contribution in [2.24, 2.45) is 0 Å². The third-order valence-corrected chi connectivity index (χ3v) is 3.17. The number of aromatic nitrogens is 1. The minimum Gasteiger partial charge on any atom is -0.377 e. The van der Waals surface area contributed by atoms with E-state index in [1.807, 2.05) is 19.2 Å². The van der Waals surface area contributed by atoms with Gasteiger partial charge in [0.05, 0.1) is 16.7 Å². The number of nitrogens with one attached hydrogen (secondary N) is 1. The van der Waals surface area contributed by atoms with Crippen molar-refractivity contribution < 1.29 is 8.78 Å². The molecule has 5 heteroatoms. The SMILES string of the molecule is Cc1nc(C(C)Nc2ccc(F)c(F)c2)cs1. The molecule has 1 N–H and O–H groups in total. The maximum Gasteiger partial charge on any atom is 0.160 e. The Morgan fingerprint density at radius 2 is 2.06 bits per heavy atom. The largest absolute Gasteiger partial charge is 0.377 e. The van der Waals surface area contributed by atoms with Crippen LogP contribution in [0.3, 0.4) is 0 Å². The number of benzene rings is 1. The zero-order valence-corrected chi connectivity index (χ0v) is 10.3. The average molecular weight is 254 g/mol. The second-order valence-electron chi connectivity index (χ2n) is 3.79. The van der Waals surface area contributed by atoms with Crippen molar-refractivity contribution in [2.75, 3.05) is 5.32 Å². The number of rotatable bonds is 3. The molecule has 0 fully saturated rings. The molecular formula is C12H12F2N2S. The van der Waals surface area contributed by atoms with Crippen molar-refractivity contribution in [1.29, 1.82) is 0 Å². The molecule has 0 saturated heterocycles. The van der Waals surface area contributed by atoms with E-state index >= 15 is 0 Å². The average Bonchev–Trinajstić information content (AvgIpc) is 2.70. The van der Waals surface area contributed by atoms with E-state index in [2.05, 4.69) is 10.3 Å². The van der Waals surface area contributed by atoms with Crippen LogP contribution in [0, 0.1) is 18.6 Å². The minimum absolute atomic E-state index is 0.0372. The maximum absolute atomic E-state index is 13.0. The molecule has 0 aliphatic heterocycles. The smallest absolute Gasteiger partial charge is 0.160 e. The molecule has 17 heavy (non-hydrogen) atoms. The van der Waals surface area contributed by atoms with Crippen molar-refractivity contribution in [3.8, 4) is 0 Å². The molecule has 0 aliphatic rings. The molecule has 1 unspecified atom stereocenters. The van der Waals surface area contributed by atoms with Crippen molar-refractivity contribution in [1.82, 2.24) is 4.98 Å². The third kappa shape index (κ3) is 2.79. The Morgan fingerprint density at radius 1 is 1.29 bits per heavy atom. The second kappa shape index (κ2) is 4.79. The molecule has 1 heterocycles. The minimum atomic E-state index is -0.850. The van der Waals surface area contributed by atoms with Gasteiger partial charge in [0.25, 0.3) is 0 Å². The lowest BCUT2D eigenvalue weighted by Crippen LogP contribution is -2.07. The van der Waals surface area contributed by atoms with E-state index in [4.69, 9.17) is 0 Å². The van der Waals surface area contributed by atoms with Crippen LogP contribution in [0.4, 0.5) is 14.5 Å². The summed E-state index contributed by atoms with van der Waals surface area (Å²) < 4.78 is 25.8. The van der Waals surface area contributed by atoms with Crippen molar-refractivity contribution in [3.63, 3.8) is 0 Å². The van der Waals surface area contributed by atoms with Gasteiger partial charge in [-0.3, -0.25) is 0 Å². The zero-order chi connectivity index (χ0) is 12.4. The fraction of sp³-hybridized carbons (Fsp3) is 0.250. The molecule has 2 rings (SSSR count). The highest BCUT2D eigenvalue weighted by Gasteiger charge is 2.10. The van der Waals surface area contributed by atoms with E-state index in [0.29, 0.717) is 5.69 Å². The van der Waals surface area contributed by atoms with Gasteiger partial charge in [-0.2, -0.15) is 0 Å². The molecule has 0 radical (unpaired) electrons. The number of aryl methyl sites for hydroxylation is 1. The van der Waals surface area contributed by atoms with Gasteiger partial charge >= 0.3 is 0 Å². The van der Waals surface area contributed by atoms with Crippen LogP contribution in [0.5, 0.6) is 0 Å². The van der Waals surface area contributed by atoms with Gasteiger partial charge < -0.3 is 5.32 Å². The second-order valence-corrected chi connectivity index (χ2v) is 4.85. The van der Waals surface area contributed by atoms with Gasteiger partial charge in [0.1, 0.15) is 0 Å². The summed E-state index contributed by atoms with van der Waals surface area (Å²) in [5, 5.41) is 6.01. The van der Waals surface area contributed by atoms with E-state index in [9.17, 15) is 8.78 Å². The Bertz CT molecular complexity index is 525. The summed E-state index contributed by atoms with van der Waals surface area (Å²) in [4.78, 5) is 4.33. The summed E-state index contributed by atoms with van der Waals surface area (Å²) in [7, 11) is 0. The molecule has 2 aromatic rings. The van der Waals surface area contributed by atoms with Crippen LogP contribution in [0.2, 0.25) is 0 Å². The lowest BCUT2D eigenvalue weighted by Gasteiger charge is -2.13. The van der Waals surface area contributed by atoms with Gasteiger partial charge in [0, 0.05) is 17.1 Å². The highest BCUT2D eigenvalue weighted by Crippen LogP contribution is 2.21. The Kier molecular flexibility index (Phi) is 3.38. The molecular weight excluding hydrogens is 242 g/mol. The summed E-state index contributed by atoms with van der Waals surface area (Å²) in [5.41, 5.74) is 1.44. The Labute approximate surface area is 102 Å². The fourth-order valence-electron chi connectivity index (χ4n) is 1.49. The fourth-order valence-corrected chi connectivity index (χ4v) is 2.20. The first-order chi connectivity index (χ1) is 8.06. The number of hydrogen-bond acceptors (Lipinski definition) is 3. The molecule has 1 atom stereocenters. The third-order valence-electron chi connectivity index (χ3n) is 2.38. The molecule has 90 valence electrons. The summed E-state index contributed by atoms with van der Waals surface area (Å²) in [6.45, 7) is 3.86. The molecule has 2 nitrogen and oxygen atoms in total. The number of thiazole rings is 1. The quantitative estimate of drug-likeness (QED) is 0.898. The van der Waals surface area contributed by atoms with E-state index in [-0.39, 0.29) is 6.04 Å². The maximum atomic E-state index is 13.0. The van der Waals surface area contributed by atoms with Crippen molar-refractivity contribution in [2.45, 2.75) is 19.9 Å². The lowest BCUT2D eigenvalue weighted by atomic mass is 10.2. The molecule has 1 aromatic heterocycles. The first-order valence-electron chi connectivity index (χ1n) is 5.20. The number of nitrogens with zero attached hydrogens (tertiary/aromatic N) is 1. The van der Waals surface area contributed by atoms with E-state index < -0.39 is 11.6 Å². The summed E-state index contributed by atoms with van der Waals surface area (Å²) in [6.07, 6.45) is 0. The van der Waals surface area contributed by atoms with Crippen LogP contribution < -0.4 is 5.32 Å². The van der Waals surface area contributed by atoms with Gasteiger partial charge in [-0.05, 0) is 26.0 Å². The molecule has 0 aliphatic carbocycles. The number of halogens is 2. The topological polar surface area (TPSA) is 24.9 Å². The molecule has 1 aromatic carbocycles. The summed E-state index contributed by atoms with van der Waals surface area (Å²) >= 11 is 1.56. The van der Waals surface area contributed by atoms with Crippen LogP contribution in [0.1, 0.15) is 23.7 Å². The molecule has 0 amide bonds. The highest BCUT2D eigenvalue weighted by atomic mass is 32.1. The van der Waals surface area contributed by atoms with Crippen LogP contribution in [-0.2, 0) is 0 Å². The zero-order valence-electron chi connectivity index (χ0n) is 9.50. The summed E-state index contributed by atoms with van der Waals surface area (Å²) in [6, 6.07) is 3.72. The monoisotopic (exact) mass is 254 g/mol. The van der Waals surface area contributed by atoms with Crippen LogP contribution >= 0.6 is 11.3 Å². The van der Waals surface area contributed by atoms with Crippen molar-refractivity contribution in [3.05, 3.63) is 45.9 Å². The standard InChI is InChI=1S/C12H12F2N2S/c1-7(12-6-17-8(2)16-12)15-9-3-4-10(13)11(14)5-9/h3-7,15H,1-2H3. The summed E-state index contributed by atoms with van der Waals surface area (Å²) in [5.74, 6) is -1.69. The van der Waals surface area contributed by atoms with Gasteiger partial charge in [-0.25, -0.2) is 13.8 Å². The lowest BCUT2D eigenvalue weighted by molar-refractivity contribution is 0.509. The van der Waals surface area contributed by atoms with Crippen LogP contribution in [0.15, 0.2) is 23.6 Å². The first kappa shape index (κ1) is 12.0. The Balaban J connectivity index is 2.12. The Hall–Kier alpha value is -1.49.